The van der Waals surface area contributed by atoms with Gasteiger partial charge < -0.3 is 0 Å². The molecule has 0 aliphatic heterocycles. The van der Waals surface area contributed by atoms with Crippen LogP contribution in [0.15, 0.2) is 47.2 Å². The second-order valence-corrected chi connectivity index (χ2v) is 14.3. The molecular weight excluding hydrogens is 581 g/mol. The molecule has 2 aromatic carbocycles. The van der Waals surface area contributed by atoms with E-state index >= 15 is 0 Å². The van der Waals surface area contributed by atoms with Crippen LogP contribution in [-0.2, 0) is 0 Å². The summed E-state index contributed by atoms with van der Waals surface area (Å²) in [5.74, 6) is -3.18. The highest BCUT2D eigenvalue weighted by atomic mass is 32.1. The third kappa shape index (κ3) is 3.00. The van der Waals surface area contributed by atoms with Gasteiger partial charge in [0.15, 0.2) is 23.3 Å². The van der Waals surface area contributed by atoms with Gasteiger partial charge in [-0.3, -0.25) is 0 Å². The van der Waals surface area contributed by atoms with Gasteiger partial charge in [-0.15, -0.1) is 68.0 Å². The van der Waals surface area contributed by atoms with Gasteiger partial charge in [0, 0.05) is 50.1 Å². The molecule has 0 saturated carbocycles. The van der Waals surface area contributed by atoms with Crippen LogP contribution in [0.4, 0.5) is 17.6 Å². The van der Waals surface area contributed by atoms with Crippen molar-refractivity contribution in [1.29, 1.82) is 0 Å². The molecule has 0 spiro atoms. The van der Waals surface area contributed by atoms with Gasteiger partial charge in [0.1, 0.15) is 0 Å². The molecule has 8 aromatic rings. The van der Waals surface area contributed by atoms with Crippen LogP contribution >= 0.6 is 68.0 Å². The lowest BCUT2D eigenvalue weighted by molar-refractivity contribution is 0.518. The van der Waals surface area contributed by atoms with Crippen molar-refractivity contribution in [2.75, 3.05) is 0 Å². The van der Waals surface area contributed by atoms with Crippen LogP contribution in [0.25, 0.3) is 69.3 Å². The Labute approximate surface area is 223 Å². The first-order valence-corrected chi connectivity index (χ1v) is 15.6. The molecule has 0 unspecified atom stereocenters. The molecule has 0 saturated heterocycles. The first kappa shape index (κ1) is 21.7. The SMILES string of the molecule is Fc1csc(-c2cc3cc4c(cc3s2)sc2c3cc5cc(-c6scc(F)c6F)sc5cc3sc42)c1F. The highest BCUT2D eigenvalue weighted by molar-refractivity contribution is 7.37. The van der Waals surface area contributed by atoms with Crippen LogP contribution in [0.3, 0.4) is 0 Å². The average Bonchev–Trinajstić information content (AvgIpc) is 3.68. The topological polar surface area (TPSA) is 0 Å². The van der Waals surface area contributed by atoms with Crippen LogP contribution in [0.1, 0.15) is 0 Å². The summed E-state index contributed by atoms with van der Waals surface area (Å²) in [6.45, 7) is 0. The second-order valence-electron chi connectivity index (χ2n) is 8.31. The lowest BCUT2D eigenvalue weighted by Crippen LogP contribution is -1.75. The summed E-state index contributed by atoms with van der Waals surface area (Å²) >= 11 is 8.57. The maximum atomic E-state index is 14.2. The van der Waals surface area contributed by atoms with Crippen LogP contribution in [0.2, 0.25) is 0 Å². The molecule has 10 heteroatoms. The Morgan fingerprint density at radius 3 is 1.31 bits per heavy atom. The molecule has 0 aliphatic carbocycles. The van der Waals surface area contributed by atoms with Gasteiger partial charge in [0.25, 0.3) is 0 Å². The van der Waals surface area contributed by atoms with Crippen molar-refractivity contribution in [2.24, 2.45) is 0 Å². The van der Waals surface area contributed by atoms with Crippen molar-refractivity contribution in [1.82, 2.24) is 0 Å². The van der Waals surface area contributed by atoms with Gasteiger partial charge in [-0.2, -0.15) is 0 Å². The molecule has 6 heterocycles. The Morgan fingerprint density at radius 1 is 0.472 bits per heavy atom. The fraction of sp³-hybridized carbons (Fsp3) is 0. The van der Waals surface area contributed by atoms with E-state index in [9.17, 15) is 17.6 Å². The summed E-state index contributed by atoms with van der Waals surface area (Å²) in [7, 11) is 0. The van der Waals surface area contributed by atoms with E-state index in [1.807, 2.05) is 12.1 Å². The number of hydrogen-bond donors (Lipinski definition) is 0. The maximum absolute atomic E-state index is 14.2. The molecule has 0 bridgehead atoms. The van der Waals surface area contributed by atoms with E-state index < -0.39 is 23.3 Å². The Hall–Kier alpha value is -2.34. The van der Waals surface area contributed by atoms with Crippen molar-refractivity contribution in [3.8, 4) is 19.5 Å². The number of fused-ring (bicyclic) bond motifs is 7. The highest BCUT2D eigenvalue weighted by Crippen LogP contribution is 2.49. The molecule has 0 amide bonds. The van der Waals surface area contributed by atoms with Crippen LogP contribution in [0, 0.1) is 23.3 Å². The van der Waals surface area contributed by atoms with Gasteiger partial charge in [0.05, 0.1) is 19.2 Å². The van der Waals surface area contributed by atoms with Gasteiger partial charge in [0.2, 0.25) is 0 Å². The minimum absolute atomic E-state index is 0.341. The highest BCUT2D eigenvalue weighted by Gasteiger charge is 2.20. The van der Waals surface area contributed by atoms with E-state index in [0.29, 0.717) is 9.75 Å². The van der Waals surface area contributed by atoms with Crippen molar-refractivity contribution < 1.29 is 17.6 Å². The minimum Gasteiger partial charge on any atom is -0.203 e. The van der Waals surface area contributed by atoms with Crippen LogP contribution < -0.4 is 0 Å². The predicted octanol–water partition coefficient (Wildman–Crippen LogP) is 11.7. The first-order valence-electron chi connectivity index (χ1n) is 10.6. The number of thiophene rings is 6. The van der Waals surface area contributed by atoms with Gasteiger partial charge >= 0.3 is 0 Å². The van der Waals surface area contributed by atoms with Crippen molar-refractivity contribution in [2.45, 2.75) is 0 Å². The summed E-state index contributed by atoms with van der Waals surface area (Å²) in [6, 6.07) is 12.5. The number of halogens is 4. The van der Waals surface area contributed by atoms with Crippen molar-refractivity contribution >= 4 is 118 Å². The van der Waals surface area contributed by atoms with E-state index in [-0.39, 0.29) is 0 Å². The van der Waals surface area contributed by atoms with E-state index in [1.54, 1.807) is 22.7 Å². The Morgan fingerprint density at radius 2 is 0.917 bits per heavy atom. The van der Waals surface area contributed by atoms with Gasteiger partial charge in [-0.05, 0) is 47.2 Å². The molecule has 8 rings (SSSR count). The summed E-state index contributed by atoms with van der Waals surface area (Å²) in [5, 5.41) is 6.76. The predicted molar refractivity (Wildman–Crippen MR) is 152 cm³/mol. The average molecular weight is 589 g/mol. The van der Waals surface area contributed by atoms with E-state index in [2.05, 4.69) is 24.3 Å². The maximum Gasteiger partial charge on any atom is 0.178 e. The Kier molecular flexibility index (Phi) is 4.58. The molecule has 0 nitrogen and oxygen atoms in total. The lowest BCUT2D eigenvalue weighted by Gasteiger charge is -1.93. The fourth-order valence-corrected chi connectivity index (χ4v) is 11.3. The Bertz CT molecular complexity index is 2010. The van der Waals surface area contributed by atoms with Crippen LogP contribution in [0.5, 0.6) is 0 Å². The zero-order valence-corrected chi connectivity index (χ0v) is 22.5. The molecule has 0 fully saturated rings. The zero-order valence-electron chi connectivity index (χ0n) is 17.6. The van der Waals surface area contributed by atoms with Gasteiger partial charge in [-0.25, -0.2) is 17.6 Å². The van der Waals surface area contributed by atoms with E-state index in [1.165, 1.54) is 42.8 Å². The molecule has 176 valence electrons. The van der Waals surface area contributed by atoms with E-state index in [4.69, 9.17) is 0 Å². The molecule has 36 heavy (non-hydrogen) atoms. The van der Waals surface area contributed by atoms with Crippen molar-refractivity contribution in [3.63, 3.8) is 0 Å². The standard InChI is InChI=1S/C26H8F4S6/c27-13-7-31-25(21(13)29)19-3-9-1-11-17(5-15(9)33-19)35-24-12-2-10-4-20(26-22(30)14(28)8-32-26)34-16(10)6-18(12)36-23(11)24/h1-8H. The zero-order chi connectivity index (χ0) is 24.3. The normalized spacial score (nSPS) is 12.4. The third-order valence-electron chi connectivity index (χ3n) is 6.18. The van der Waals surface area contributed by atoms with E-state index in [0.717, 1.165) is 72.8 Å². The van der Waals surface area contributed by atoms with Crippen LogP contribution in [-0.4, -0.2) is 0 Å². The monoisotopic (exact) mass is 588 g/mol. The summed E-state index contributed by atoms with van der Waals surface area (Å²) < 4.78 is 62.2. The first-order chi connectivity index (χ1) is 17.4. The number of rotatable bonds is 2. The molecule has 0 radical (unpaired) electrons. The number of hydrogen-bond acceptors (Lipinski definition) is 6. The molecule has 0 aliphatic rings. The molecule has 0 atom stereocenters. The second kappa shape index (κ2) is 7.59. The number of benzene rings is 2. The lowest BCUT2D eigenvalue weighted by atomic mass is 10.1. The molecule has 6 aromatic heterocycles. The summed E-state index contributed by atoms with van der Waals surface area (Å²) in [4.78, 5) is 2.15. The van der Waals surface area contributed by atoms with Crippen molar-refractivity contribution in [3.05, 3.63) is 70.4 Å². The van der Waals surface area contributed by atoms with Gasteiger partial charge in [-0.1, -0.05) is 0 Å². The minimum atomic E-state index is -0.805. The smallest absolute Gasteiger partial charge is 0.178 e. The quantitative estimate of drug-likeness (QED) is 0.176. The summed E-state index contributed by atoms with van der Waals surface area (Å²) in [6.07, 6.45) is 0. The third-order valence-corrected chi connectivity index (χ3v) is 13.1. The largest absolute Gasteiger partial charge is 0.203 e. The summed E-state index contributed by atoms with van der Waals surface area (Å²) in [5.41, 5.74) is 0. The fourth-order valence-electron chi connectivity index (χ4n) is 4.53. The Balaban J connectivity index is 1.30. The molecule has 0 N–H and O–H groups in total. The molecular formula is C26H8F4S6.